The van der Waals surface area contributed by atoms with E-state index in [2.05, 4.69) is 10.6 Å². The Morgan fingerprint density at radius 3 is 2.33 bits per heavy atom. The molecular weight excluding hydrogens is 240 g/mol. The van der Waals surface area contributed by atoms with Gasteiger partial charge < -0.3 is 25.6 Å². The van der Waals surface area contributed by atoms with E-state index in [-0.39, 0.29) is 6.04 Å². The summed E-state index contributed by atoms with van der Waals surface area (Å²) in [6, 6.07) is -2.13. The smallest absolute Gasteiger partial charge is 0.328 e. The molecule has 0 aliphatic rings. The summed E-state index contributed by atoms with van der Waals surface area (Å²) in [4.78, 5) is 22.4. The first-order valence-corrected chi connectivity index (χ1v) is 5.89. The normalized spacial score (nSPS) is 15.6. The third kappa shape index (κ3) is 6.41. The van der Waals surface area contributed by atoms with Crippen LogP contribution in [0.4, 0.5) is 4.79 Å². The maximum absolute atomic E-state index is 11.6. The van der Waals surface area contributed by atoms with Crippen LogP contribution in [0, 0.1) is 0 Å². The largest absolute Gasteiger partial charge is 0.480 e. The van der Waals surface area contributed by atoms with E-state index in [0.717, 1.165) is 12.8 Å². The van der Waals surface area contributed by atoms with Crippen LogP contribution in [0.3, 0.4) is 0 Å². The number of carbonyl (C=O) groups excluding carboxylic acids is 1. The number of hydrogen-bond acceptors (Lipinski definition) is 4. The molecular formula is C11H22N2O5. The highest BCUT2D eigenvalue weighted by atomic mass is 16.5. The van der Waals surface area contributed by atoms with E-state index < -0.39 is 24.1 Å². The molecule has 0 aliphatic carbocycles. The van der Waals surface area contributed by atoms with Crippen molar-refractivity contribution in [3.8, 4) is 0 Å². The summed E-state index contributed by atoms with van der Waals surface area (Å²) in [5.41, 5.74) is 0. The molecule has 4 N–H and O–H groups in total. The van der Waals surface area contributed by atoms with Gasteiger partial charge in [-0.3, -0.25) is 0 Å². The van der Waals surface area contributed by atoms with Crippen molar-refractivity contribution < 1.29 is 24.5 Å². The van der Waals surface area contributed by atoms with Gasteiger partial charge in [-0.1, -0.05) is 13.3 Å². The van der Waals surface area contributed by atoms with Crippen molar-refractivity contribution in [1.29, 1.82) is 0 Å². The first kappa shape index (κ1) is 16.7. The Hall–Kier alpha value is -1.34. The number of hydrogen-bond donors (Lipinski definition) is 4. The highest BCUT2D eigenvalue weighted by Crippen LogP contribution is 1.98. The molecule has 0 spiro atoms. The first-order chi connectivity index (χ1) is 8.42. The van der Waals surface area contributed by atoms with Crippen LogP contribution in [0.25, 0.3) is 0 Å². The third-order valence-corrected chi connectivity index (χ3v) is 2.38. The molecule has 3 atom stereocenters. The van der Waals surface area contributed by atoms with E-state index in [1.807, 2.05) is 6.92 Å². The fraction of sp³-hybridized carbons (Fsp3) is 0.818. The molecule has 0 rings (SSSR count). The number of urea groups is 1. The third-order valence-electron chi connectivity index (χ3n) is 2.38. The highest BCUT2D eigenvalue weighted by molar-refractivity contribution is 5.83. The Labute approximate surface area is 107 Å². The van der Waals surface area contributed by atoms with E-state index in [4.69, 9.17) is 9.84 Å². The Morgan fingerprint density at radius 2 is 1.94 bits per heavy atom. The van der Waals surface area contributed by atoms with Crippen LogP contribution in [-0.2, 0) is 9.53 Å². The topological polar surface area (TPSA) is 108 Å². The van der Waals surface area contributed by atoms with Crippen molar-refractivity contribution in [2.45, 2.75) is 44.9 Å². The van der Waals surface area contributed by atoms with Gasteiger partial charge in [-0.2, -0.15) is 0 Å². The van der Waals surface area contributed by atoms with Crippen molar-refractivity contribution in [2.24, 2.45) is 0 Å². The van der Waals surface area contributed by atoms with Gasteiger partial charge in [0, 0.05) is 7.11 Å². The number of carboxylic acids is 1. The molecule has 1 unspecified atom stereocenters. The van der Waals surface area contributed by atoms with Gasteiger partial charge in [-0.05, 0) is 13.3 Å². The summed E-state index contributed by atoms with van der Waals surface area (Å²) in [5.74, 6) is -1.28. The minimum absolute atomic E-state index is 0.177. The molecule has 0 heterocycles. The summed E-state index contributed by atoms with van der Waals surface area (Å²) < 4.78 is 4.95. The molecule has 0 bridgehead atoms. The van der Waals surface area contributed by atoms with Gasteiger partial charge >= 0.3 is 12.0 Å². The summed E-state index contributed by atoms with van der Waals surface area (Å²) in [5, 5.41) is 22.8. The lowest BCUT2D eigenvalue weighted by Crippen LogP contribution is -2.53. The number of rotatable bonds is 8. The Balaban J connectivity index is 4.32. The molecule has 0 aromatic heterocycles. The highest BCUT2D eigenvalue weighted by Gasteiger charge is 2.25. The first-order valence-electron chi connectivity index (χ1n) is 5.89. The second-order valence-electron chi connectivity index (χ2n) is 4.12. The van der Waals surface area contributed by atoms with Gasteiger partial charge in [0.15, 0.2) is 6.04 Å². The lowest BCUT2D eigenvalue weighted by molar-refractivity contribution is -0.141. The quantitative estimate of drug-likeness (QED) is 0.490. The van der Waals surface area contributed by atoms with Crippen LogP contribution < -0.4 is 10.6 Å². The number of nitrogens with one attached hydrogen (secondary N) is 2. The molecule has 0 aromatic carbocycles. The van der Waals surface area contributed by atoms with Crippen LogP contribution in [-0.4, -0.2) is 54.1 Å². The van der Waals surface area contributed by atoms with Gasteiger partial charge in [0.25, 0.3) is 0 Å². The van der Waals surface area contributed by atoms with E-state index in [1.165, 1.54) is 14.0 Å². The zero-order valence-electron chi connectivity index (χ0n) is 11.0. The van der Waals surface area contributed by atoms with E-state index in [0.29, 0.717) is 6.61 Å². The molecule has 0 saturated carbocycles. The monoisotopic (exact) mass is 262 g/mol. The summed E-state index contributed by atoms with van der Waals surface area (Å²) >= 11 is 0. The number of ether oxygens (including phenoxy) is 1. The number of carboxylic acid groups (broad SMARTS) is 1. The van der Waals surface area contributed by atoms with Gasteiger partial charge in [0.05, 0.1) is 18.8 Å². The zero-order chi connectivity index (χ0) is 14.1. The molecule has 2 amide bonds. The summed E-state index contributed by atoms with van der Waals surface area (Å²) in [6.45, 7) is 3.63. The van der Waals surface area contributed by atoms with Gasteiger partial charge in [-0.25, -0.2) is 9.59 Å². The van der Waals surface area contributed by atoms with Gasteiger partial charge in [-0.15, -0.1) is 0 Å². The molecule has 0 aromatic rings. The number of amides is 2. The number of aliphatic hydroxyl groups is 1. The fourth-order valence-corrected chi connectivity index (χ4v) is 1.50. The Kier molecular flexibility index (Phi) is 8.06. The number of aliphatic hydroxyl groups excluding tert-OH is 1. The molecule has 106 valence electrons. The average molecular weight is 262 g/mol. The van der Waals surface area contributed by atoms with Crippen LogP contribution in [0.1, 0.15) is 26.7 Å². The molecule has 0 aliphatic heterocycles. The second kappa shape index (κ2) is 8.71. The molecule has 0 fully saturated rings. The van der Waals surface area contributed by atoms with Crippen molar-refractivity contribution in [2.75, 3.05) is 13.7 Å². The maximum atomic E-state index is 11.6. The van der Waals surface area contributed by atoms with E-state index in [9.17, 15) is 14.7 Å². The minimum Gasteiger partial charge on any atom is -0.480 e. The van der Waals surface area contributed by atoms with Crippen LogP contribution in [0.15, 0.2) is 0 Å². The predicted molar refractivity (Wildman–Crippen MR) is 65.3 cm³/mol. The fourth-order valence-electron chi connectivity index (χ4n) is 1.50. The standard InChI is InChI=1S/C11H22N2O5/c1-4-5-8(6-18-3)12-11(17)13-9(7(2)14)10(15)16/h7-9,14H,4-6H2,1-3H3,(H,15,16)(H2,12,13,17)/t7-,8?,9+/m1/s1. The van der Waals surface area contributed by atoms with Crippen LogP contribution >= 0.6 is 0 Å². The number of aliphatic carboxylic acids is 1. The molecule has 7 heteroatoms. The Bertz CT molecular complexity index is 264. The Morgan fingerprint density at radius 1 is 1.33 bits per heavy atom. The molecule has 7 nitrogen and oxygen atoms in total. The SMILES string of the molecule is CCCC(COC)NC(=O)N[C@H](C(=O)O)[C@@H](C)O. The maximum Gasteiger partial charge on any atom is 0.328 e. The van der Waals surface area contributed by atoms with Crippen LogP contribution in [0.5, 0.6) is 0 Å². The predicted octanol–water partition coefficient (Wildman–Crippen LogP) is -0.0653. The van der Waals surface area contributed by atoms with E-state index in [1.54, 1.807) is 0 Å². The second-order valence-corrected chi connectivity index (χ2v) is 4.12. The molecule has 0 saturated heterocycles. The summed E-state index contributed by atoms with van der Waals surface area (Å²) in [6.07, 6.45) is 0.432. The van der Waals surface area contributed by atoms with Gasteiger partial charge in [0.1, 0.15) is 0 Å². The average Bonchev–Trinajstić information content (AvgIpc) is 2.25. The van der Waals surface area contributed by atoms with Crippen molar-refractivity contribution in [3.63, 3.8) is 0 Å². The lowest BCUT2D eigenvalue weighted by atomic mass is 10.2. The minimum atomic E-state index is -1.32. The lowest BCUT2D eigenvalue weighted by Gasteiger charge is -2.21. The molecule has 18 heavy (non-hydrogen) atoms. The van der Waals surface area contributed by atoms with Crippen molar-refractivity contribution in [3.05, 3.63) is 0 Å². The summed E-state index contributed by atoms with van der Waals surface area (Å²) in [7, 11) is 1.53. The van der Waals surface area contributed by atoms with Gasteiger partial charge in [0.2, 0.25) is 0 Å². The van der Waals surface area contributed by atoms with Crippen molar-refractivity contribution >= 4 is 12.0 Å². The number of methoxy groups -OCH3 is 1. The van der Waals surface area contributed by atoms with Crippen molar-refractivity contribution in [1.82, 2.24) is 10.6 Å². The molecule has 0 radical (unpaired) electrons. The van der Waals surface area contributed by atoms with Crippen LogP contribution in [0.2, 0.25) is 0 Å². The zero-order valence-corrected chi connectivity index (χ0v) is 11.0. The number of carbonyl (C=O) groups is 2. The van der Waals surface area contributed by atoms with E-state index >= 15 is 0 Å².